The topological polar surface area (TPSA) is 81.2 Å². The number of hydrogen-bond acceptors (Lipinski definition) is 4. The Balaban J connectivity index is 2.30. The highest BCUT2D eigenvalue weighted by atomic mass is 16.5. The second-order valence-corrected chi connectivity index (χ2v) is 3.92. The average Bonchev–Trinajstić information content (AvgIpc) is 2.59. The highest BCUT2D eigenvalue weighted by Gasteiger charge is 2.33. The minimum Gasteiger partial charge on any atom is -0.347 e. The molecular formula is C10H12N2O4. The van der Waals surface area contributed by atoms with Gasteiger partial charge in [-0.05, 0) is 12.3 Å². The van der Waals surface area contributed by atoms with Gasteiger partial charge in [0.15, 0.2) is 0 Å². The summed E-state index contributed by atoms with van der Waals surface area (Å²) >= 11 is 0. The lowest BCUT2D eigenvalue weighted by Crippen LogP contribution is -2.31. The zero-order valence-corrected chi connectivity index (χ0v) is 8.75. The maximum atomic E-state index is 11.5. The van der Waals surface area contributed by atoms with Crippen molar-refractivity contribution in [3.05, 3.63) is 33.1 Å². The molecule has 3 atom stereocenters. The number of nitrogens with one attached hydrogen (secondary N) is 1. The number of nitrogens with zero attached hydrogens (tertiary/aromatic N) is 1. The molecule has 1 aliphatic rings. The zero-order valence-electron chi connectivity index (χ0n) is 8.75. The Hall–Kier alpha value is -1.69. The van der Waals surface area contributed by atoms with Gasteiger partial charge in [0.2, 0.25) is 0 Å². The van der Waals surface area contributed by atoms with Crippen LogP contribution in [0.4, 0.5) is 0 Å². The summed E-state index contributed by atoms with van der Waals surface area (Å²) < 4.78 is 6.70. The molecule has 1 aromatic heterocycles. The summed E-state index contributed by atoms with van der Waals surface area (Å²) in [6, 6.07) is 1.25. The van der Waals surface area contributed by atoms with Gasteiger partial charge in [0, 0.05) is 12.3 Å². The number of carbonyl (C=O) groups excluding carboxylic acids is 1. The molecule has 0 saturated carbocycles. The number of rotatable bonds is 2. The fourth-order valence-electron chi connectivity index (χ4n) is 1.82. The van der Waals surface area contributed by atoms with E-state index in [9.17, 15) is 14.4 Å². The van der Waals surface area contributed by atoms with Crippen molar-refractivity contribution in [2.45, 2.75) is 25.7 Å². The molecule has 0 radical (unpaired) electrons. The van der Waals surface area contributed by atoms with E-state index in [0.29, 0.717) is 6.42 Å². The molecule has 86 valence electrons. The largest absolute Gasteiger partial charge is 0.347 e. The Labute approximate surface area is 90.9 Å². The molecule has 0 unspecified atom stereocenters. The van der Waals surface area contributed by atoms with Gasteiger partial charge in [-0.2, -0.15) is 0 Å². The van der Waals surface area contributed by atoms with Gasteiger partial charge in [-0.1, -0.05) is 6.92 Å². The second-order valence-electron chi connectivity index (χ2n) is 3.92. The van der Waals surface area contributed by atoms with Crippen molar-refractivity contribution in [2.24, 2.45) is 5.92 Å². The second kappa shape index (κ2) is 4.05. The Bertz CT molecular complexity index is 504. The van der Waals surface area contributed by atoms with Crippen molar-refractivity contribution >= 4 is 6.29 Å². The Morgan fingerprint density at radius 1 is 1.56 bits per heavy atom. The molecular weight excluding hydrogens is 212 g/mol. The number of aldehydes is 1. The number of carbonyl (C=O) groups is 1. The number of hydrogen-bond donors (Lipinski definition) is 1. The van der Waals surface area contributed by atoms with Gasteiger partial charge < -0.3 is 9.53 Å². The van der Waals surface area contributed by atoms with Crippen LogP contribution in [0.25, 0.3) is 0 Å². The number of aromatic nitrogens is 2. The Morgan fingerprint density at radius 3 is 2.88 bits per heavy atom. The van der Waals surface area contributed by atoms with Crippen molar-refractivity contribution in [1.82, 2.24) is 9.55 Å². The quantitative estimate of drug-likeness (QED) is 0.697. The lowest BCUT2D eigenvalue weighted by Gasteiger charge is -2.12. The van der Waals surface area contributed by atoms with E-state index in [1.165, 1.54) is 16.8 Å². The van der Waals surface area contributed by atoms with Gasteiger partial charge in [0.05, 0.1) is 0 Å². The van der Waals surface area contributed by atoms with Crippen molar-refractivity contribution < 1.29 is 9.53 Å². The Morgan fingerprint density at radius 2 is 2.31 bits per heavy atom. The van der Waals surface area contributed by atoms with E-state index in [0.717, 1.165) is 6.29 Å². The van der Waals surface area contributed by atoms with Crippen LogP contribution in [-0.2, 0) is 9.53 Å². The fraction of sp³-hybridized carbons (Fsp3) is 0.500. The molecule has 6 heteroatoms. The van der Waals surface area contributed by atoms with Gasteiger partial charge in [-0.25, -0.2) is 4.79 Å². The summed E-state index contributed by atoms with van der Waals surface area (Å²) in [5, 5.41) is 0. The molecule has 0 bridgehead atoms. The van der Waals surface area contributed by atoms with Crippen LogP contribution in [0, 0.1) is 5.92 Å². The van der Waals surface area contributed by atoms with E-state index in [4.69, 9.17) is 4.74 Å². The normalized spacial score (nSPS) is 29.2. The summed E-state index contributed by atoms with van der Waals surface area (Å²) in [5.74, 6) is 0.0707. The summed E-state index contributed by atoms with van der Waals surface area (Å²) in [6.45, 7) is 1.88. The van der Waals surface area contributed by atoms with E-state index in [-0.39, 0.29) is 5.92 Å². The van der Waals surface area contributed by atoms with Gasteiger partial charge in [0.25, 0.3) is 5.56 Å². The Kier molecular flexibility index (Phi) is 2.74. The fourth-order valence-corrected chi connectivity index (χ4v) is 1.82. The summed E-state index contributed by atoms with van der Waals surface area (Å²) in [4.78, 5) is 35.2. The minimum atomic E-state index is -0.517. The van der Waals surface area contributed by atoms with Crippen LogP contribution in [0.3, 0.4) is 0 Å². The first-order valence-electron chi connectivity index (χ1n) is 5.04. The van der Waals surface area contributed by atoms with E-state index < -0.39 is 23.6 Å². The summed E-state index contributed by atoms with van der Waals surface area (Å²) in [5.41, 5.74) is -0.963. The molecule has 0 aromatic carbocycles. The maximum Gasteiger partial charge on any atom is 0.330 e. The minimum absolute atomic E-state index is 0.0707. The molecule has 1 aromatic rings. The predicted molar refractivity (Wildman–Crippen MR) is 55.1 cm³/mol. The van der Waals surface area contributed by atoms with Crippen molar-refractivity contribution in [3.63, 3.8) is 0 Å². The standard InChI is InChI=1S/C10H12N2O4/c1-6-4-9(16-7(6)5-13)12-3-2-8(14)11-10(12)15/h2-3,5-7,9H,4H2,1H3,(H,11,14,15)/t6-,7-,9-/m1/s1. The first-order chi connectivity index (χ1) is 7.61. The molecule has 16 heavy (non-hydrogen) atoms. The number of ether oxygens (including phenoxy) is 1. The molecule has 2 rings (SSSR count). The van der Waals surface area contributed by atoms with Gasteiger partial charge in [0.1, 0.15) is 18.6 Å². The van der Waals surface area contributed by atoms with Crippen molar-refractivity contribution in [3.8, 4) is 0 Å². The molecule has 1 fully saturated rings. The van der Waals surface area contributed by atoms with E-state index in [2.05, 4.69) is 4.98 Å². The first kappa shape index (κ1) is 10.8. The van der Waals surface area contributed by atoms with Crippen LogP contribution >= 0.6 is 0 Å². The molecule has 1 saturated heterocycles. The first-order valence-corrected chi connectivity index (χ1v) is 5.04. The van der Waals surface area contributed by atoms with Crippen LogP contribution in [0.15, 0.2) is 21.9 Å². The van der Waals surface area contributed by atoms with Gasteiger partial charge >= 0.3 is 5.69 Å². The van der Waals surface area contributed by atoms with Crippen LogP contribution < -0.4 is 11.2 Å². The average molecular weight is 224 g/mol. The smallest absolute Gasteiger partial charge is 0.330 e. The maximum absolute atomic E-state index is 11.5. The SMILES string of the molecule is C[C@@H]1C[C@H](n2ccc(=O)[nH]c2=O)O[C@@H]1C=O. The van der Waals surface area contributed by atoms with E-state index in [1.54, 1.807) is 0 Å². The van der Waals surface area contributed by atoms with Crippen LogP contribution in [0.2, 0.25) is 0 Å². The third-order valence-electron chi connectivity index (χ3n) is 2.74. The molecule has 0 amide bonds. The summed E-state index contributed by atoms with van der Waals surface area (Å²) in [7, 11) is 0. The zero-order chi connectivity index (χ0) is 11.7. The van der Waals surface area contributed by atoms with Crippen LogP contribution in [0.1, 0.15) is 19.6 Å². The van der Waals surface area contributed by atoms with Crippen LogP contribution in [-0.4, -0.2) is 21.9 Å². The third-order valence-corrected chi connectivity index (χ3v) is 2.74. The van der Waals surface area contributed by atoms with Crippen LogP contribution in [0.5, 0.6) is 0 Å². The van der Waals surface area contributed by atoms with E-state index in [1.807, 2.05) is 6.92 Å². The molecule has 1 N–H and O–H groups in total. The molecule has 6 nitrogen and oxygen atoms in total. The number of H-pyrrole nitrogens is 1. The molecule has 0 aliphatic carbocycles. The predicted octanol–water partition coefficient (Wildman–Crippen LogP) is -0.341. The van der Waals surface area contributed by atoms with Gasteiger partial charge in [-0.15, -0.1) is 0 Å². The lowest BCUT2D eigenvalue weighted by molar-refractivity contribution is -0.120. The van der Waals surface area contributed by atoms with E-state index >= 15 is 0 Å². The highest BCUT2D eigenvalue weighted by Crippen LogP contribution is 2.30. The summed E-state index contributed by atoms with van der Waals surface area (Å²) in [6.07, 6.45) is 1.74. The number of aromatic amines is 1. The molecule has 1 aliphatic heterocycles. The van der Waals surface area contributed by atoms with Crippen molar-refractivity contribution in [1.29, 1.82) is 0 Å². The lowest BCUT2D eigenvalue weighted by atomic mass is 10.0. The highest BCUT2D eigenvalue weighted by molar-refractivity contribution is 5.57. The monoisotopic (exact) mass is 224 g/mol. The third kappa shape index (κ3) is 1.83. The van der Waals surface area contributed by atoms with Crippen molar-refractivity contribution in [2.75, 3.05) is 0 Å². The molecule has 2 heterocycles. The molecule has 0 spiro atoms. The van der Waals surface area contributed by atoms with Gasteiger partial charge in [-0.3, -0.25) is 14.3 Å².